The Balaban J connectivity index is 1.03. The van der Waals surface area contributed by atoms with Gasteiger partial charge in [0.25, 0.3) is 0 Å². The number of para-hydroxylation sites is 4. The number of rotatable bonds is 8. The van der Waals surface area contributed by atoms with E-state index in [1.165, 1.54) is 146 Å². The minimum atomic E-state index is 0.0571. The van der Waals surface area contributed by atoms with Gasteiger partial charge in [0.05, 0.1) is 0 Å². The van der Waals surface area contributed by atoms with Crippen LogP contribution in [-0.4, -0.2) is 33.1 Å². The molecule has 0 N–H and O–H groups in total. The van der Waals surface area contributed by atoms with Gasteiger partial charge in [0, 0.05) is 80.6 Å². The summed E-state index contributed by atoms with van der Waals surface area (Å²) in [7, 11) is 0. The summed E-state index contributed by atoms with van der Waals surface area (Å²) in [5.41, 5.74) is 29.5. The molecule has 6 aliphatic rings. The third-order valence-corrected chi connectivity index (χ3v) is 18.1. The average molecular weight is 939 g/mol. The van der Waals surface area contributed by atoms with Gasteiger partial charge in [-0.15, -0.1) is 0 Å². The third kappa shape index (κ3) is 6.82. The molecule has 4 nitrogen and oxygen atoms in total. The molecule has 0 saturated heterocycles. The summed E-state index contributed by atoms with van der Waals surface area (Å²) in [6, 6.07) is 59.6. The maximum atomic E-state index is 2.72. The van der Waals surface area contributed by atoms with Crippen molar-refractivity contribution in [2.75, 3.05) is 39.2 Å². The molecule has 6 aliphatic heterocycles. The average Bonchev–Trinajstić information content (AvgIpc) is 3.42. The maximum absolute atomic E-state index is 2.72. The van der Waals surface area contributed by atoms with Crippen LogP contribution in [0, 0.1) is 6.92 Å². The fourth-order valence-electron chi connectivity index (χ4n) is 13.9. The molecule has 0 bridgehead atoms. The minimum Gasteiger partial charge on any atom is -0.342 e. The van der Waals surface area contributed by atoms with Crippen LogP contribution in [0.5, 0.6) is 0 Å². The molecule has 0 fully saturated rings. The Bertz CT molecular complexity index is 3440. The standard InChI is InChI=1S/C64H60B2N4S/c1-4-6-19-43-22-14-29-51(50(43)5-2)65-53-40-54-60(41-57(53)70(47-27-8-7-9-28-47)59-38-48(36-42(3)62(59)65)67-33-16-24-44-20-10-12-31-55(44)67)71-61-39-49(68-34-17-25-45-21-11-13-32-56(45)68)37-58-63(61)66(54)52-30-15-23-46-26-18-35-69(58)64(46)52/h7-15,20-23,27-32,36-41H,4-6,16-19,24-26,33-35H2,1-3H3. The number of nitrogens with zero attached hydrogens (tertiary/aromatic N) is 4. The predicted octanol–water partition coefficient (Wildman–Crippen LogP) is 11.7. The molecule has 0 radical (unpaired) electrons. The highest BCUT2D eigenvalue weighted by molar-refractivity contribution is 8.00. The van der Waals surface area contributed by atoms with E-state index in [1.54, 1.807) is 0 Å². The summed E-state index contributed by atoms with van der Waals surface area (Å²) in [5.74, 6) is 0. The van der Waals surface area contributed by atoms with Gasteiger partial charge in [0.1, 0.15) is 0 Å². The van der Waals surface area contributed by atoms with Gasteiger partial charge >= 0.3 is 0 Å². The molecule has 0 saturated carbocycles. The molecular weight excluding hydrogens is 878 g/mol. The predicted molar refractivity (Wildman–Crippen MR) is 305 cm³/mol. The normalized spacial score (nSPS) is 15.9. The van der Waals surface area contributed by atoms with E-state index in [4.69, 9.17) is 0 Å². The molecule has 0 aromatic heterocycles. The van der Waals surface area contributed by atoms with Crippen LogP contribution < -0.4 is 52.4 Å². The molecule has 348 valence electrons. The summed E-state index contributed by atoms with van der Waals surface area (Å²) in [6.07, 6.45) is 11.4. The Morgan fingerprint density at radius 2 is 1.11 bits per heavy atom. The molecule has 71 heavy (non-hydrogen) atoms. The van der Waals surface area contributed by atoms with Gasteiger partial charge in [-0.25, -0.2) is 0 Å². The van der Waals surface area contributed by atoms with E-state index in [1.807, 2.05) is 11.8 Å². The van der Waals surface area contributed by atoms with Crippen molar-refractivity contribution >= 4 is 109 Å². The van der Waals surface area contributed by atoms with Crippen molar-refractivity contribution in [3.8, 4) is 0 Å². The number of anilines is 9. The van der Waals surface area contributed by atoms with Crippen molar-refractivity contribution in [1.29, 1.82) is 0 Å². The van der Waals surface area contributed by atoms with Gasteiger partial charge in [-0.05, 0) is 169 Å². The summed E-state index contributed by atoms with van der Waals surface area (Å²) in [5, 5.41) is 0. The summed E-state index contributed by atoms with van der Waals surface area (Å²) in [4.78, 5) is 13.4. The summed E-state index contributed by atoms with van der Waals surface area (Å²) >= 11 is 2.02. The highest BCUT2D eigenvalue weighted by Crippen LogP contribution is 2.48. The third-order valence-electron chi connectivity index (χ3n) is 17.0. The second-order valence-corrected chi connectivity index (χ2v) is 22.1. The molecule has 8 aromatic rings. The maximum Gasteiger partial charge on any atom is 0.249 e. The van der Waals surface area contributed by atoms with E-state index in [-0.39, 0.29) is 13.4 Å². The SMILES string of the molecule is CCCCc1cccc(B2c3cc4c(cc3N(c3ccccc3)c3cc(N5CCCc6ccccc65)cc(C)c32)Sc2cc(N3CCCc5ccccc53)cc3c2B4c2cccc4c2N3CCC4)c1CC. The van der Waals surface area contributed by atoms with Gasteiger partial charge in [-0.1, -0.05) is 146 Å². The second kappa shape index (κ2) is 17.3. The second-order valence-electron chi connectivity index (χ2n) is 21.0. The fraction of sp³-hybridized carbons (Fsp3) is 0.250. The van der Waals surface area contributed by atoms with Crippen LogP contribution in [0.25, 0.3) is 0 Å². The Kier molecular flexibility index (Phi) is 10.6. The first-order valence-corrected chi connectivity index (χ1v) is 27.6. The van der Waals surface area contributed by atoms with E-state index >= 15 is 0 Å². The molecule has 0 spiro atoms. The first-order chi connectivity index (χ1) is 35.1. The van der Waals surface area contributed by atoms with Crippen LogP contribution in [0.3, 0.4) is 0 Å². The van der Waals surface area contributed by atoms with Crippen molar-refractivity contribution in [2.24, 2.45) is 0 Å². The molecule has 8 aromatic carbocycles. The van der Waals surface area contributed by atoms with E-state index in [0.717, 1.165) is 64.6 Å². The number of unbranched alkanes of at least 4 members (excludes halogenated alkanes) is 1. The van der Waals surface area contributed by atoms with E-state index < -0.39 is 0 Å². The van der Waals surface area contributed by atoms with Crippen LogP contribution in [0.1, 0.15) is 79.3 Å². The molecular formula is C64H60B2N4S. The van der Waals surface area contributed by atoms with Crippen LogP contribution in [0.15, 0.2) is 161 Å². The minimum absolute atomic E-state index is 0.0571. The Morgan fingerprint density at radius 3 is 1.86 bits per heavy atom. The number of benzene rings is 8. The molecule has 0 amide bonds. The van der Waals surface area contributed by atoms with Crippen LogP contribution in [0.2, 0.25) is 0 Å². The molecule has 6 heterocycles. The van der Waals surface area contributed by atoms with Gasteiger partial charge in [0.2, 0.25) is 13.4 Å². The number of aryl methyl sites for hydroxylation is 5. The quantitative estimate of drug-likeness (QED) is 0.140. The van der Waals surface area contributed by atoms with E-state index in [2.05, 4.69) is 192 Å². The molecule has 14 rings (SSSR count). The van der Waals surface area contributed by atoms with E-state index in [0.29, 0.717) is 0 Å². The number of fused-ring (bicyclic) bond motifs is 8. The topological polar surface area (TPSA) is 13.0 Å². The van der Waals surface area contributed by atoms with Crippen LogP contribution in [0.4, 0.5) is 51.2 Å². The Morgan fingerprint density at radius 1 is 0.479 bits per heavy atom. The number of hydrogen-bond donors (Lipinski definition) is 0. The van der Waals surface area contributed by atoms with Gasteiger partial charge in [-0.3, -0.25) is 0 Å². The first kappa shape index (κ1) is 43.2. The zero-order valence-electron chi connectivity index (χ0n) is 41.5. The van der Waals surface area contributed by atoms with Gasteiger partial charge in [-0.2, -0.15) is 0 Å². The summed E-state index contributed by atoms with van der Waals surface area (Å²) < 4.78 is 0. The van der Waals surface area contributed by atoms with Crippen molar-refractivity contribution < 1.29 is 0 Å². The zero-order valence-corrected chi connectivity index (χ0v) is 42.3. The fourth-order valence-corrected chi connectivity index (χ4v) is 15.2. The monoisotopic (exact) mass is 938 g/mol. The zero-order chi connectivity index (χ0) is 47.3. The van der Waals surface area contributed by atoms with Crippen LogP contribution >= 0.6 is 11.8 Å². The van der Waals surface area contributed by atoms with Gasteiger partial charge in [0.15, 0.2) is 0 Å². The molecule has 0 atom stereocenters. The molecule has 0 aliphatic carbocycles. The van der Waals surface area contributed by atoms with Crippen molar-refractivity contribution in [3.63, 3.8) is 0 Å². The highest BCUT2D eigenvalue weighted by atomic mass is 32.2. The van der Waals surface area contributed by atoms with E-state index in [9.17, 15) is 0 Å². The van der Waals surface area contributed by atoms with Crippen molar-refractivity contribution in [3.05, 3.63) is 185 Å². The lowest BCUT2D eigenvalue weighted by atomic mass is 9.31. The largest absolute Gasteiger partial charge is 0.342 e. The first-order valence-electron chi connectivity index (χ1n) is 26.8. The Labute approximate surface area is 425 Å². The Hall–Kier alpha value is -6.56. The smallest absolute Gasteiger partial charge is 0.249 e. The lowest BCUT2D eigenvalue weighted by Gasteiger charge is -2.45. The van der Waals surface area contributed by atoms with Crippen molar-refractivity contribution in [2.45, 2.75) is 94.8 Å². The molecule has 0 unspecified atom stereocenters. The summed E-state index contributed by atoms with van der Waals surface area (Å²) in [6.45, 7) is 10.4. The lowest BCUT2D eigenvalue weighted by molar-refractivity contribution is 0.761. The molecule has 7 heteroatoms. The lowest BCUT2D eigenvalue weighted by Crippen LogP contribution is -2.64. The van der Waals surface area contributed by atoms with Gasteiger partial charge < -0.3 is 19.6 Å². The number of hydrogen-bond acceptors (Lipinski definition) is 5. The van der Waals surface area contributed by atoms with Crippen molar-refractivity contribution in [1.82, 2.24) is 0 Å². The van der Waals surface area contributed by atoms with Crippen LogP contribution in [-0.2, 0) is 32.1 Å². The highest BCUT2D eigenvalue weighted by Gasteiger charge is 2.46.